The maximum Gasteiger partial charge on any atom is 0.264 e. The number of nitrogens with zero attached hydrogens (tertiary/aromatic N) is 2. The predicted molar refractivity (Wildman–Crippen MR) is 88.2 cm³/mol. The highest BCUT2D eigenvalue weighted by atomic mass is 79.9. The van der Waals surface area contributed by atoms with Crippen LogP contribution in [0.15, 0.2) is 22.2 Å². The van der Waals surface area contributed by atoms with Gasteiger partial charge in [-0.1, -0.05) is 0 Å². The molecule has 1 heterocycles. The van der Waals surface area contributed by atoms with E-state index in [1.807, 2.05) is 6.07 Å². The van der Waals surface area contributed by atoms with Crippen molar-refractivity contribution in [2.45, 2.75) is 0 Å². The van der Waals surface area contributed by atoms with E-state index in [9.17, 15) is 10.1 Å². The average molecular weight is 381 g/mol. The fraction of sp³-hybridized carbons (Fsp3) is 0.375. The number of carbonyl (C=O) groups excluding carboxylic acids is 1. The van der Waals surface area contributed by atoms with Crippen LogP contribution >= 0.6 is 15.9 Å². The number of morpholine rings is 1. The van der Waals surface area contributed by atoms with Crippen LogP contribution in [0.5, 0.6) is 11.5 Å². The topological polar surface area (TPSA) is 71.8 Å². The Labute approximate surface area is 143 Å². The molecule has 0 N–H and O–H groups in total. The number of hydrogen-bond donors (Lipinski definition) is 0. The van der Waals surface area contributed by atoms with Gasteiger partial charge in [-0.3, -0.25) is 4.79 Å². The minimum Gasteiger partial charge on any atom is -0.493 e. The summed E-state index contributed by atoms with van der Waals surface area (Å²) in [5, 5.41) is 9.32. The van der Waals surface area contributed by atoms with Crippen LogP contribution in [0.25, 0.3) is 6.08 Å². The molecule has 0 spiro atoms. The van der Waals surface area contributed by atoms with Crippen molar-refractivity contribution in [1.82, 2.24) is 4.90 Å². The molecule has 0 aliphatic carbocycles. The molecule has 0 unspecified atom stereocenters. The summed E-state index contributed by atoms with van der Waals surface area (Å²) < 4.78 is 16.4. The first-order valence-electron chi connectivity index (χ1n) is 7.01. The maximum atomic E-state index is 12.4. The zero-order valence-electron chi connectivity index (χ0n) is 13.0. The number of hydrogen-bond acceptors (Lipinski definition) is 5. The van der Waals surface area contributed by atoms with Crippen LogP contribution in [0.2, 0.25) is 0 Å². The molecule has 1 fully saturated rings. The largest absolute Gasteiger partial charge is 0.493 e. The Morgan fingerprint density at radius 2 is 2.04 bits per heavy atom. The summed E-state index contributed by atoms with van der Waals surface area (Å²) in [6.07, 6.45) is 1.55. The van der Waals surface area contributed by atoms with Gasteiger partial charge < -0.3 is 19.1 Å². The van der Waals surface area contributed by atoms with Gasteiger partial charge in [-0.05, 0) is 39.7 Å². The van der Waals surface area contributed by atoms with E-state index in [2.05, 4.69) is 15.9 Å². The minimum absolute atomic E-state index is 0.0750. The van der Waals surface area contributed by atoms with Gasteiger partial charge in [0.2, 0.25) is 0 Å². The monoisotopic (exact) mass is 380 g/mol. The van der Waals surface area contributed by atoms with Crippen LogP contribution in [0.4, 0.5) is 0 Å². The molecule has 23 heavy (non-hydrogen) atoms. The Morgan fingerprint density at radius 1 is 1.35 bits per heavy atom. The lowest BCUT2D eigenvalue weighted by molar-refractivity contribution is -0.130. The van der Waals surface area contributed by atoms with Crippen molar-refractivity contribution in [2.75, 3.05) is 40.5 Å². The molecule has 1 amide bonds. The summed E-state index contributed by atoms with van der Waals surface area (Å²) >= 11 is 3.40. The van der Waals surface area contributed by atoms with Crippen molar-refractivity contribution in [3.05, 3.63) is 27.7 Å². The van der Waals surface area contributed by atoms with Crippen molar-refractivity contribution in [3.8, 4) is 17.6 Å². The van der Waals surface area contributed by atoms with E-state index in [1.54, 1.807) is 30.2 Å². The van der Waals surface area contributed by atoms with Gasteiger partial charge in [0, 0.05) is 13.1 Å². The van der Waals surface area contributed by atoms with Gasteiger partial charge in [0.05, 0.1) is 31.9 Å². The third-order valence-electron chi connectivity index (χ3n) is 3.42. The van der Waals surface area contributed by atoms with Crippen LogP contribution in [-0.4, -0.2) is 51.3 Å². The smallest absolute Gasteiger partial charge is 0.264 e. The quantitative estimate of drug-likeness (QED) is 0.591. The fourth-order valence-electron chi connectivity index (χ4n) is 2.27. The van der Waals surface area contributed by atoms with Gasteiger partial charge >= 0.3 is 0 Å². The Morgan fingerprint density at radius 3 is 2.61 bits per heavy atom. The molecular weight excluding hydrogens is 364 g/mol. The molecule has 2 rings (SSSR count). The Bertz CT molecular complexity index is 661. The summed E-state index contributed by atoms with van der Waals surface area (Å²) in [6.45, 7) is 1.97. The van der Waals surface area contributed by atoms with Crippen molar-refractivity contribution in [2.24, 2.45) is 0 Å². The molecule has 1 aliphatic rings. The molecule has 1 aliphatic heterocycles. The standard InChI is InChI=1S/C16H17BrN2O4/c1-21-14-9-11(8-13(17)15(14)22-2)7-12(10-18)16(20)19-3-5-23-6-4-19/h7-9H,3-6H2,1-2H3/b12-7+. The van der Waals surface area contributed by atoms with Crippen LogP contribution < -0.4 is 9.47 Å². The first-order valence-corrected chi connectivity index (χ1v) is 7.80. The Balaban J connectivity index is 2.32. The van der Waals surface area contributed by atoms with Crippen molar-refractivity contribution in [3.63, 3.8) is 0 Å². The molecule has 1 saturated heterocycles. The molecule has 0 aromatic heterocycles. The lowest BCUT2D eigenvalue weighted by Gasteiger charge is -2.26. The van der Waals surface area contributed by atoms with Gasteiger partial charge in [0.25, 0.3) is 5.91 Å². The number of nitriles is 1. The van der Waals surface area contributed by atoms with E-state index < -0.39 is 0 Å². The number of amides is 1. The zero-order chi connectivity index (χ0) is 16.8. The SMILES string of the molecule is COc1cc(/C=C(\C#N)C(=O)N2CCOCC2)cc(Br)c1OC. The highest BCUT2D eigenvalue weighted by Gasteiger charge is 2.21. The second kappa shape index (κ2) is 7.99. The van der Waals surface area contributed by atoms with Gasteiger partial charge in [-0.25, -0.2) is 0 Å². The second-order valence-electron chi connectivity index (χ2n) is 4.81. The molecule has 0 radical (unpaired) electrons. The average Bonchev–Trinajstić information content (AvgIpc) is 2.59. The summed E-state index contributed by atoms with van der Waals surface area (Å²) in [5.41, 5.74) is 0.749. The fourth-order valence-corrected chi connectivity index (χ4v) is 2.89. The van der Waals surface area contributed by atoms with E-state index in [1.165, 1.54) is 7.11 Å². The van der Waals surface area contributed by atoms with E-state index in [4.69, 9.17) is 14.2 Å². The van der Waals surface area contributed by atoms with Crippen molar-refractivity contribution in [1.29, 1.82) is 5.26 Å². The van der Waals surface area contributed by atoms with E-state index >= 15 is 0 Å². The van der Waals surface area contributed by atoms with Crippen LogP contribution in [-0.2, 0) is 9.53 Å². The Kier molecular flexibility index (Phi) is 6.02. The minimum atomic E-state index is -0.290. The lowest BCUT2D eigenvalue weighted by atomic mass is 10.1. The summed E-state index contributed by atoms with van der Waals surface area (Å²) in [6, 6.07) is 5.46. The normalized spacial score (nSPS) is 15.0. The first kappa shape index (κ1) is 17.3. The molecule has 7 heteroatoms. The molecule has 122 valence electrons. The number of methoxy groups -OCH3 is 2. The van der Waals surface area contributed by atoms with E-state index in [0.717, 1.165) is 0 Å². The maximum absolute atomic E-state index is 12.4. The summed E-state index contributed by atoms with van der Waals surface area (Å²) in [4.78, 5) is 14.0. The van der Waals surface area contributed by atoms with E-state index in [0.29, 0.717) is 47.8 Å². The number of ether oxygens (including phenoxy) is 3. The van der Waals surface area contributed by atoms with Crippen LogP contribution in [0.3, 0.4) is 0 Å². The third kappa shape index (κ3) is 4.03. The van der Waals surface area contributed by atoms with Crippen LogP contribution in [0.1, 0.15) is 5.56 Å². The van der Waals surface area contributed by atoms with Crippen molar-refractivity contribution >= 4 is 27.9 Å². The van der Waals surface area contributed by atoms with Gasteiger partial charge in [0.1, 0.15) is 11.6 Å². The summed E-state index contributed by atoms with van der Waals surface area (Å²) in [7, 11) is 3.07. The molecule has 6 nitrogen and oxygen atoms in total. The zero-order valence-corrected chi connectivity index (χ0v) is 14.6. The molecule has 0 bridgehead atoms. The van der Waals surface area contributed by atoms with Crippen LogP contribution in [0, 0.1) is 11.3 Å². The summed E-state index contributed by atoms with van der Waals surface area (Å²) in [5.74, 6) is 0.786. The first-order chi connectivity index (χ1) is 11.1. The molecule has 1 aromatic carbocycles. The molecule has 1 aromatic rings. The van der Waals surface area contributed by atoms with Gasteiger partial charge in [0.15, 0.2) is 11.5 Å². The third-order valence-corrected chi connectivity index (χ3v) is 4.01. The second-order valence-corrected chi connectivity index (χ2v) is 5.67. The molecule has 0 saturated carbocycles. The van der Waals surface area contributed by atoms with Gasteiger partial charge in [-0.15, -0.1) is 0 Å². The highest BCUT2D eigenvalue weighted by molar-refractivity contribution is 9.10. The highest BCUT2D eigenvalue weighted by Crippen LogP contribution is 2.36. The number of benzene rings is 1. The number of rotatable bonds is 4. The molecular formula is C16H17BrN2O4. The lowest BCUT2D eigenvalue weighted by Crippen LogP contribution is -2.41. The number of halogens is 1. The Hall–Kier alpha value is -2.04. The van der Waals surface area contributed by atoms with E-state index in [-0.39, 0.29) is 11.5 Å². The van der Waals surface area contributed by atoms with Crippen molar-refractivity contribution < 1.29 is 19.0 Å². The number of carbonyl (C=O) groups is 1. The van der Waals surface area contributed by atoms with Gasteiger partial charge in [-0.2, -0.15) is 5.26 Å². The molecule has 0 atom stereocenters. The predicted octanol–water partition coefficient (Wildman–Crippen LogP) is 2.23.